The second-order valence-corrected chi connectivity index (χ2v) is 6.16. The third kappa shape index (κ3) is 6.02. The molecule has 1 N–H and O–H groups in total. The van der Waals surface area contributed by atoms with Crippen molar-refractivity contribution in [2.45, 2.75) is 33.8 Å². The molecule has 0 heterocycles. The SMILES string of the molecule is CCOc1ccc(/C=N/NC(=O)C(C)Oc2cc(C)cc(C)c2)cc1OC. The van der Waals surface area contributed by atoms with Gasteiger partial charge in [-0.1, -0.05) is 6.07 Å². The number of carbonyl (C=O) groups excluding carboxylic acids is 1. The van der Waals surface area contributed by atoms with E-state index in [-0.39, 0.29) is 5.91 Å². The molecule has 6 nitrogen and oxygen atoms in total. The highest BCUT2D eigenvalue weighted by Crippen LogP contribution is 2.27. The number of rotatable bonds is 8. The quantitative estimate of drug-likeness (QED) is 0.569. The Morgan fingerprint density at radius 1 is 1.15 bits per heavy atom. The number of methoxy groups -OCH3 is 1. The van der Waals surface area contributed by atoms with Gasteiger partial charge < -0.3 is 14.2 Å². The summed E-state index contributed by atoms with van der Waals surface area (Å²) in [5.74, 6) is 1.61. The lowest BCUT2D eigenvalue weighted by Gasteiger charge is -2.14. The maximum Gasteiger partial charge on any atom is 0.280 e. The van der Waals surface area contributed by atoms with Crippen LogP contribution in [0.4, 0.5) is 0 Å². The molecule has 0 aliphatic carbocycles. The van der Waals surface area contributed by atoms with E-state index in [9.17, 15) is 4.79 Å². The predicted octanol–water partition coefficient (Wildman–Crippen LogP) is 3.63. The molecule has 1 amide bonds. The molecule has 0 aromatic heterocycles. The van der Waals surface area contributed by atoms with Crippen molar-refractivity contribution in [3.63, 3.8) is 0 Å². The number of carbonyl (C=O) groups is 1. The maximum absolute atomic E-state index is 12.2. The number of aryl methyl sites for hydroxylation is 2. The number of benzene rings is 2. The molecule has 6 heteroatoms. The Labute approximate surface area is 160 Å². The van der Waals surface area contributed by atoms with Crippen LogP contribution in [0.5, 0.6) is 17.2 Å². The van der Waals surface area contributed by atoms with E-state index >= 15 is 0 Å². The van der Waals surface area contributed by atoms with E-state index < -0.39 is 6.10 Å². The van der Waals surface area contributed by atoms with Crippen LogP contribution in [-0.4, -0.2) is 31.9 Å². The second kappa shape index (κ2) is 9.62. The summed E-state index contributed by atoms with van der Waals surface area (Å²) >= 11 is 0. The summed E-state index contributed by atoms with van der Waals surface area (Å²) in [6, 6.07) is 11.3. The van der Waals surface area contributed by atoms with Gasteiger partial charge in [0.2, 0.25) is 0 Å². The molecular formula is C21H26N2O4. The molecule has 0 saturated heterocycles. The van der Waals surface area contributed by atoms with Crippen LogP contribution in [0.2, 0.25) is 0 Å². The van der Waals surface area contributed by atoms with Gasteiger partial charge in [0.25, 0.3) is 5.91 Å². The van der Waals surface area contributed by atoms with Crippen LogP contribution >= 0.6 is 0 Å². The van der Waals surface area contributed by atoms with E-state index in [1.807, 2.05) is 45.0 Å². The molecule has 0 fully saturated rings. The normalized spacial score (nSPS) is 11.9. The van der Waals surface area contributed by atoms with Crippen molar-refractivity contribution in [2.75, 3.05) is 13.7 Å². The summed E-state index contributed by atoms with van der Waals surface area (Å²) < 4.78 is 16.5. The third-order valence-corrected chi connectivity index (χ3v) is 3.75. The molecule has 2 aromatic rings. The summed E-state index contributed by atoms with van der Waals surface area (Å²) in [6.45, 7) is 8.12. The van der Waals surface area contributed by atoms with Gasteiger partial charge in [-0.2, -0.15) is 5.10 Å². The van der Waals surface area contributed by atoms with Gasteiger partial charge in [-0.05, 0) is 74.7 Å². The van der Waals surface area contributed by atoms with Crippen LogP contribution in [0.25, 0.3) is 0 Å². The molecule has 0 aliphatic heterocycles. The third-order valence-electron chi connectivity index (χ3n) is 3.75. The van der Waals surface area contributed by atoms with Crippen molar-refractivity contribution in [3.8, 4) is 17.2 Å². The molecule has 144 valence electrons. The highest BCUT2D eigenvalue weighted by molar-refractivity contribution is 5.84. The van der Waals surface area contributed by atoms with Gasteiger partial charge in [0.15, 0.2) is 17.6 Å². The Balaban J connectivity index is 1.95. The number of hydrazone groups is 1. The van der Waals surface area contributed by atoms with E-state index in [1.54, 1.807) is 32.4 Å². The van der Waals surface area contributed by atoms with E-state index in [0.717, 1.165) is 16.7 Å². The van der Waals surface area contributed by atoms with Crippen molar-refractivity contribution >= 4 is 12.1 Å². The molecular weight excluding hydrogens is 344 g/mol. The number of ether oxygens (including phenoxy) is 3. The summed E-state index contributed by atoms with van der Waals surface area (Å²) in [5.41, 5.74) is 5.43. The monoisotopic (exact) mass is 370 g/mol. The second-order valence-electron chi connectivity index (χ2n) is 6.16. The first-order chi connectivity index (χ1) is 12.9. The van der Waals surface area contributed by atoms with Crippen LogP contribution in [0, 0.1) is 13.8 Å². The van der Waals surface area contributed by atoms with Crippen LogP contribution in [0.15, 0.2) is 41.5 Å². The molecule has 0 aliphatic rings. The van der Waals surface area contributed by atoms with Gasteiger partial charge in [-0.3, -0.25) is 4.79 Å². The Hall–Kier alpha value is -3.02. The van der Waals surface area contributed by atoms with Gasteiger partial charge in [-0.15, -0.1) is 0 Å². The fourth-order valence-electron chi connectivity index (χ4n) is 2.56. The maximum atomic E-state index is 12.2. The van der Waals surface area contributed by atoms with Crippen molar-refractivity contribution in [3.05, 3.63) is 53.1 Å². The van der Waals surface area contributed by atoms with Crippen molar-refractivity contribution < 1.29 is 19.0 Å². The topological polar surface area (TPSA) is 69.2 Å². The standard InChI is InChI=1S/C21H26N2O4/c1-6-26-19-8-7-17(12-20(19)25-5)13-22-23-21(24)16(4)27-18-10-14(2)9-15(3)11-18/h7-13,16H,6H2,1-5H3,(H,23,24)/b22-13+. The zero-order valence-corrected chi connectivity index (χ0v) is 16.4. The lowest BCUT2D eigenvalue weighted by atomic mass is 10.1. The molecule has 0 spiro atoms. The molecule has 2 rings (SSSR count). The number of hydrogen-bond acceptors (Lipinski definition) is 5. The van der Waals surface area contributed by atoms with E-state index in [2.05, 4.69) is 10.5 Å². The number of amides is 1. The average Bonchev–Trinajstić information content (AvgIpc) is 2.62. The summed E-state index contributed by atoms with van der Waals surface area (Å²) in [4.78, 5) is 12.2. The zero-order chi connectivity index (χ0) is 19.8. The van der Waals surface area contributed by atoms with Gasteiger partial charge in [0, 0.05) is 0 Å². The minimum atomic E-state index is -0.668. The van der Waals surface area contributed by atoms with Gasteiger partial charge >= 0.3 is 0 Å². The molecule has 27 heavy (non-hydrogen) atoms. The van der Waals surface area contributed by atoms with Crippen LogP contribution < -0.4 is 19.6 Å². The van der Waals surface area contributed by atoms with Gasteiger partial charge in [-0.25, -0.2) is 5.43 Å². The first-order valence-electron chi connectivity index (χ1n) is 8.81. The Morgan fingerprint density at radius 3 is 2.48 bits per heavy atom. The highest BCUT2D eigenvalue weighted by Gasteiger charge is 2.14. The first-order valence-corrected chi connectivity index (χ1v) is 8.81. The lowest BCUT2D eigenvalue weighted by Crippen LogP contribution is -2.33. The van der Waals surface area contributed by atoms with Crippen LogP contribution in [0.3, 0.4) is 0 Å². The van der Waals surface area contributed by atoms with E-state index in [1.165, 1.54) is 0 Å². The number of nitrogens with one attached hydrogen (secondary N) is 1. The van der Waals surface area contributed by atoms with Crippen molar-refractivity contribution in [1.82, 2.24) is 5.43 Å². The van der Waals surface area contributed by atoms with Crippen molar-refractivity contribution in [1.29, 1.82) is 0 Å². The average molecular weight is 370 g/mol. The Bertz CT molecular complexity index is 798. The zero-order valence-electron chi connectivity index (χ0n) is 16.4. The first kappa shape index (κ1) is 20.3. The molecule has 1 unspecified atom stereocenters. The van der Waals surface area contributed by atoms with E-state index in [0.29, 0.717) is 23.9 Å². The number of nitrogens with zero attached hydrogens (tertiary/aromatic N) is 1. The molecule has 0 saturated carbocycles. The molecule has 2 aromatic carbocycles. The summed E-state index contributed by atoms with van der Waals surface area (Å²) in [5, 5.41) is 3.99. The fraction of sp³-hybridized carbons (Fsp3) is 0.333. The summed E-state index contributed by atoms with van der Waals surface area (Å²) in [6.07, 6.45) is 0.873. The predicted molar refractivity (Wildman–Crippen MR) is 106 cm³/mol. The lowest BCUT2D eigenvalue weighted by molar-refractivity contribution is -0.127. The molecule has 0 radical (unpaired) electrons. The Morgan fingerprint density at radius 2 is 1.85 bits per heavy atom. The van der Waals surface area contributed by atoms with Gasteiger partial charge in [0.1, 0.15) is 5.75 Å². The molecule has 1 atom stereocenters. The van der Waals surface area contributed by atoms with Crippen molar-refractivity contribution in [2.24, 2.45) is 5.10 Å². The molecule has 0 bridgehead atoms. The fourth-order valence-corrected chi connectivity index (χ4v) is 2.56. The number of hydrogen-bond donors (Lipinski definition) is 1. The van der Waals surface area contributed by atoms with Gasteiger partial charge in [0.05, 0.1) is 19.9 Å². The van der Waals surface area contributed by atoms with E-state index in [4.69, 9.17) is 14.2 Å². The minimum absolute atomic E-state index is 0.330. The van der Waals surface area contributed by atoms with Crippen LogP contribution in [0.1, 0.15) is 30.5 Å². The summed E-state index contributed by atoms with van der Waals surface area (Å²) in [7, 11) is 1.58. The minimum Gasteiger partial charge on any atom is -0.493 e. The largest absolute Gasteiger partial charge is 0.493 e. The Kier molecular flexibility index (Phi) is 7.23. The van der Waals surface area contributed by atoms with Crippen LogP contribution in [-0.2, 0) is 4.79 Å². The highest BCUT2D eigenvalue weighted by atomic mass is 16.5. The smallest absolute Gasteiger partial charge is 0.280 e.